The van der Waals surface area contributed by atoms with Crippen molar-refractivity contribution in [2.75, 3.05) is 6.54 Å². The fourth-order valence-corrected chi connectivity index (χ4v) is 2.33. The highest BCUT2D eigenvalue weighted by Crippen LogP contribution is 2.20. The average Bonchev–Trinajstić information content (AvgIpc) is 2.75. The van der Waals surface area contributed by atoms with Crippen LogP contribution >= 0.6 is 15.9 Å². The van der Waals surface area contributed by atoms with Crippen molar-refractivity contribution in [3.05, 3.63) is 52.3 Å². The van der Waals surface area contributed by atoms with Crippen LogP contribution in [0.1, 0.15) is 24.4 Å². The molecular formula is C14H17BrFN3. The van der Waals surface area contributed by atoms with Crippen molar-refractivity contribution in [3.63, 3.8) is 0 Å². The van der Waals surface area contributed by atoms with E-state index in [0.717, 1.165) is 23.3 Å². The molecule has 0 saturated carbocycles. The third kappa shape index (κ3) is 3.64. The Labute approximate surface area is 121 Å². The van der Waals surface area contributed by atoms with Crippen LogP contribution in [0.5, 0.6) is 0 Å². The number of aromatic nitrogens is 2. The Morgan fingerprint density at radius 2 is 2.26 bits per heavy atom. The lowest BCUT2D eigenvalue weighted by Crippen LogP contribution is -2.23. The molecule has 2 rings (SSSR count). The molecule has 1 N–H and O–H groups in total. The van der Waals surface area contributed by atoms with Crippen molar-refractivity contribution in [1.82, 2.24) is 14.9 Å². The predicted molar refractivity (Wildman–Crippen MR) is 77.4 cm³/mol. The summed E-state index contributed by atoms with van der Waals surface area (Å²) in [5.74, 6) is 0.836. The molecule has 5 heteroatoms. The molecule has 0 aliphatic carbocycles. The van der Waals surface area contributed by atoms with E-state index >= 15 is 0 Å². The number of nitrogens with zero attached hydrogens (tertiary/aromatic N) is 2. The van der Waals surface area contributed by atoms with Gasteiger partial charge >= 0.3 is 0 Å². The maximum atomic E-state index is 13.8. The Kier molecular flexibility index (Phi) is 4.71. The molecule has 3 nitrogen and oxygen atoms in total. The molecule has 2 aromatic rings. The molecule has 0 radical (unpaired) electrons. The van der Waals surface area contributed by atoms with Crippen LogP contribution in [0.4, 0.5) is 4.39 Å². The fourth-order valence-electron chi connectivity index (χ4n) is 2.00. The van der Waals surface area contributed by atoms with E-state index in [4.69, 9.17) is 0 Å². The molecule has 0 saturated heterocycles. The van der Waals surface area contributed by atoms with Gasteiger partial charge in [0.1, 0.15) is 11.6 Å². The SMILES string of the molecule is CC(NCCc1nccn1C)c1ccc(Br)cc1F. The van der Waals surface area contributed by atoms with Gasteiger partial charge in [0, 0.05) is 48.5 Å². The first-order valence-electron chi connectivity index (χ1n) is 6.22. The minimum Gasteiger partial charge on any atom is -0.338 e. The number of rotatable bonds is 5. The minimum atomic E-state index is -0.189. The summed E-state index contributed by atoms with van der Waals surface area (Å²) in [4.78, 5) is 4.26. The normalized spacial score (nSPS) is 12.6. The molecular weight excluding hydrogens is 309 g/mol. The quantitative estimate of drug-likeness (QED) is 0.914. The van der Waals surface area contributed by atoms with Crippen molar-refractivity contribution in [1.29, 1.82) is 0 Å². The number of hydrogen-bond acceptors (Lipinski definition) is 2. The maximum Gasteiger partial charge on any atom is 0.129 e. The van der Waals surface area contributed by atoms with Crippen LogP contribution in [0.15, 0.2) is 35.1 Å². The highest BCUT2D eigenvalue weighted by molar-refractivity contribution is 9.10. The zero-order valence-electron chi connectivity index (χ0n) is 11.0. The molecule has 0 spiro atoms. The number of imidazole rings is 1. The van der Waals surface area contributed by atoms with Gasteiger partial charge < -0.3 is 9.88 Å². The average molecular weight is 326 g/mol. The largest absolute Gasteiger partial charge is 0.338 e. The maximum absolute atomic E-state index is 13.8. The van der Waals surface area contributed by atoms with Crippen LogP contribution in [-0.2, 0) is 13.5 Å². The topological polar surface area (TPSA) is 29.9 Å². The lowest BCUT2D eigenvalue weighted by atomic mass is 10.1. The molecule has 1 atom stereocenters. The van der Waals surface area contributed by atoms with E-state index in [1.54, 1.807) is 12.3 Å². The second kappa shape index (κ2) is 6.30. The van der Waals surface area contributed by atoms with Gasteiger partial charge in [-0.2, -0.15) is 0 Å². The summed E-state index contributed by atoms with van der Waals surface area (Å²) in [7, 11) is 1.97. The summed E-state index contributed by atoms with van der Waals surface area (Å²) < 4.78 is 16.5. The van der Waals surface area contributed by atoms with E-state index in [2.05, 4.69) is 26.2 Å². The molecule has 0 aliphatic rings. The number of nitrogens with one attached hydrogen (secondary N) is 1. The van der Waals surface area contributed by atoms with Crippen LogP contribution in [0.2, 0.25) is 0 Å². The van der Waals surface area contributed by atoms with Crippen LogP contribution < -0.4 is 5.32 Å². The van der Waals surface area contributed by atoms with Crippen LogP contribution in [-0.4, -0.2) is 16.1 Å². The molecule has 0 amide bonds. The van der Waals surface area contributed by atoms with Gasteiger partial charge in [-0.25, -0.2) is 9.37 Å². The Morgan fingerprint density at radius 3 is 2.89 bits per heavy atom. The Balaban J connectivity index is 1.91. The Morgan fingerprint density at radius 1 is 1.47 bits per heavy atom. The molecule has 0 aliphatic heterocycles. The monoisotopic (exact) mass is 325 g/mol. The van der Waals surface area contributed by atoms with Crippen molar-refractivity contribution < 1.29 is 4.39 Å². The third-order valence-electron chi connectivity index (χ3n) is 3.15. The molecule has 1 unspecified atom stereocenters. The van der Waals surface area contributed by atoms with Crippen LogP contribution in [0.25, 0.3) is 0 Å². The van der Waals surface area contributed by atoms with E-state index in [0.29, 0.717) is 5.56 Å². The Bertz CT molecular complexity index is 553. The summed E-state index contributed by atoms with van der Waals surface area (Å²) in [5, 5.41) is 3.32. The zero-order chi connectivity index (χ0) is 13.8. The number of halogens is 2. The van der Waals surface area contributed by atoms with Gasteiger partial charge in [-0.1, -0.05) is 22.0 Å². The summed E-state index contributed by atoms with van der Waals surface area (Å²) in [6, 6.07) is 5.13. The molecule has 1 aromatic carbocycles. The van der Waals surface area contributed by atoms with Crippen LogP contribution in [0.3, 0.4) is 0 Å². The van der Waals surface area contributed by atoms with E-state index < -0.39 is 0 Å². The second-order valence-corrected chi connectivity index (χ2v) is 5.46. The van der Waals surface area contributed by atoms with Gasteiger partial charge in [0.05, 0.1) is 0 Å². The van der Waals surface area contributed by atoms with E-state index in [9.17, 15) is 4.39 Å². The van der Waals surface area contributed by atoms with Gasteiger partial charge in [-0.3, -0.25) is 0 Å². The number of hydrogen-bond donors (Lipinski definition) is 1. The Hall–Kier alpha value is -1.20. The second-order valence-electron chi connectivity index (χ2n) is 4.55. The van der Waals surface area contributed by atoms with E-state index in [-0.39, 0.29) is 11.9 Å². The zero-order valence-corrected chi connectivity index (χ0v) is 12.6. The first-order chi connectivity index (χ1) is 9.08. The van der Waals surface area contributed by atoms with Crippen molar-refractivity contribution >= 4 is 15.9 Å². The number of aryl methyl sites for hydroxylation is 1. The molecule has 0 fully saturated rings. The van der Waals surface area contributed by atoms with Crippen molar-refractivity contribution in [2.24, 2.45) is 7.05 Å². The van der Waals surface area contributed by atoms with E-state index in [1.165, 1.54) is 6.07 Å². The summed E-state index contributed by atoms with van der Waals surface area (Å²) in [6.45, 7) is 2.73. The molecule has 19 heavy (non-hydrogen) atoms. The minimum absolute atomic E-state index is 0.0200. The lowest BCUT2D eigenvalue weighted by molar-refractivity contribution is 0.525. The van der Waals surface area contributed by atoms with Gasteiger partial charge in [-0.05, 0) is 19.1 Å². The van der Waals surface area contributed by atoms with Gasteiger partial charge in [-0.15, -0.1) is 0 Å². The first-order valence-corrected chi connectivity index (χ1v) is 7.01. The summed E-state index contributed by atoms with van der Waals surface area (Å²) >= 11 is 3.26. The third-order valence-corrected chi connectivity index (χ3v) is 3.64. The summed E-state index contributed by atoms with van der Waals surface area (Å²) in [6.07, 6.45) is 4.53. The molecule has 1 heterocycles. The molecule has 0 bridgehead atoms. The fraction of sp³-hybridized carbons (Fsp3) is 0.357. The first kappa shape index (κ1) is 14.2. The summed E-state index contributed by atoms with van der Waals surface area (Å²) in [5.41, 5.74) is 0.683. The lowest BCUT2D eigenvalue weighted by Gasteiger charge is -2.15. The highest BCUT2D eigenvalue weighted by atomic mass is 79.9. The van der Waals surface area contributed by atoms with Crippen molar-refractivity contribution in [2.45, 2.75) is 19.4 Å². The molecule has 1 aromatic heterocycles. The predicted octanol–water partition coefficient (Wildman–Crippen LogP) is 3.22. The van der Waals surface area contributed by atoms with Gasteiger partial charge in [0.25, 0.3) is 0 Å². The van der Waals surface area contributed by atoms with Gasteiger partial charge in [0.2, 0.25) is 0 Å². The van der Waals surface area contributed by atoms with Crippen LogP contribution in [0, 0.1) is 5.82 Å². The standard InChI is InChI=1S/C14H17BrFN3/c1-10(12-4-3-11(15)9-13(12)16)17-6-5-14-18-7-8-19(14)2/h3-4,7-10,17H,5-6H2,1-2H3. The van der Waals surface area contributed by atoms with Crippen molar-refractivity contribution in [3.8, 4) is 0 Å². The smallest absolute Gasteiger partial charge is 0.129 e. The van der Waals surface area contributed by atoms with Gasteiger partial charge in [0.15, 0.2) is 0 Å². The number of benzene rings is 1. The highest BCUT2D eigenvalue weighted by Gasteiger charge is 2.10. The van der Waals surface area contributed by atoms with E-state index in [1.807, 2.05) is 30.8 Å². The molecule has 102 valence electrons.